The fourth-order valence-electron chi connectivity index (χ4n) is 2.08. The molecule has 1 rings (SSSR count). The van der Waals surface area contributed by atoms with Crippen molar-refractivity contribution in [2.75, 3.05) is 13.1 Å². The first-order valence-electron chi connectivity index (χ1n) is 6.95. The summed E-state index contributed by atoms with van der Waals surface area (Å²) in [7, 11) is 0. The van der Waals surface area contributed by atoms with Gasteiger partial charge < -0.3 is 16.0 Å². The highest BCUT2D eigenvalue weighted by atomic mass is 16.2. The second kappa shape index (κ2) is 6.69. The third kappa shape index (κ3) is 3.69. The molecule has 1 aliphatic rings. The van der Waals surface area contributed by atoms with Gasteiger partial charge in [0.05, 0.1) is 0 Å². The quantitative estimate of drug-likeness (QED) is 0.570. The van der Waals surface area contributed by atoms with Gasteiger partial charge in [-0.3, -0.25) is 14.9 Å². The Bertz CT molecular complexity index is 395. The highest BCUT2D eigenvalue weighted by molar-refractivity contribution is 6.07. The maximum atomic E-state index is 12.0. The van der Waals surface area contributed by atoms with E-state index in [1.54, 1.807) is 13.8 Å². The number of amides is 4. The monoisotopic (exact) mass is 284 g/mol. The number of urea groups is 1. The molecule has 1 fully saturated rings. The summed E-state index contributed by atoms with van der Waals surface area (Å²) in [5.41, 5.74) is 4.61. The van der Waals surface area contributed by atoms with E-state index in [1.807, 2.05) is 0 Å². The maximum Gasteiger partial charge on any atom is 0.325 e. The Morgan fingerprint density at radius 3 is 2.55 bits per heavy atom. The van der Waals surface area contributed by atoms with Crippen LogP contribution in [0.4, 0.5) is 4.79 Å². The number of rotatable bonds is 7. The predicted octanol–water partition coefficient (Wildman–Crippen LogP) is -0.0495. The van der Waals surface area contributed by atoms with Crippen LogP contribution in [0.15, 0.2) is 0 Å². The molecule has 4 N–H and O–H groups in total. The minimum absolute atomic E-state index is 0.0908. The highest BCUT2D eigenvalue weighted by Crippen LogP contribution is 2.20. The van der Waals surface area contributed by atoms with E-state index in [2.05, 4.69) is 17.6 Å². The summed E-state index contributed by atoms with van der Waals surface area (Å²) >= 11 is 0. The van der Waals surface area contributed by atoms with Gasteiger partial charge in [-0.05, 0) is 20.3 Å². The second-order valence-corrected chi connectivity index (χ2v) is 5.55. The molecule has 0 aromatic rings. The van der Waals surface area contributed by atoms with E-state index in [-0.39, 0.29) is 18.5 Å². The molecule has 0 aliphatic carbocycles. The fraction of sp³-hybridized carbons (Fsp3) is 0.769. The Morgan fingerprint density at radius 2 is 2.10 bits per heavy atom. The lowest BCUT2D eigenvalue weighted by Gasteiger charge is -2.28. The van der Waals surface area contributed by atoms with Crippen LogP contribution in [-0.2, 0) is 9.59 Å². The van der Waals surface area contributed by atoms with Gasteiger partial charge in [-0.15, -0.1) is 0 Å². The predicted molar refractivity (Wildman–Crippen MR) is 74.8 cm³/mol. The molecule has 0 radical (unpaired) electrons. The van der Waals surface area contributed by atoms with Gasteiger partial charge in [0.15, 0.2) is 0 Å². The van der Waals surface area contributed by atoms with Crippen LogP contribution in [-0.4, -0.2) is 47.4 Å². The number of hydrogen-bond donors (Lipinski definition) is 3. The van der Waals surface area contributed by atoms with E-state index in [9.17, 15) is 14.4 Å². The summed E-state index contributed by atoms with van der Waals surface area (Å²) in [6.45, 7) is 5.50. The molecule has 1 heterocycles. The summed E-state index contributed by atoms with van der Waals surface area (Å²) in [6.07, 6.45) is 2.83. The van der Waals surface area contributed by atoms with Crippen LogP contribution < -0.4 is 16.4 Å². The van der Waals surface area contributed by atoms with Gasteiger partial charge in [0, 0.05) is 12.6 Å². The van der Waals surface area contributed by atoms with Crippen LogP contribution in [0.1, 0.15) is 40.0 Å². The summed E-state index contributed by atoms with van der Waals surface area (Å²) in [4.78, 5) is 36.5. The van der Waals surface area contributed by atoms with E-state index in [4.69, 9.17) is 5.73 Å². The smallest absolute Gasteiger partial charge is 0.325 e. The SMILES string of the molecule is CCCCC(CN)NC(=O)CN1C(=O)NC(=O)C1(C)C. The van der Waals surface area contributed by atoms with E-state index >= 15 is 0 Å². The third-order valence-corrected chi connectivity index (χ3v) is 3.55. The molecule has 7 heteroatoms. The van der Waals surface area contributed by atoms with Crippen molar-refractivity contribution in [1.82, 2.24) is 15.5 Å². The molecule has 1 aliphatic heterocycles. The molecule has 0 aromatic heterocycles. The average Bonchev–Trinajstić information content (AvgIpc) is 2.57. The molecule has 0 spiro atoms. The molecule has 1 saturated heterocycles. The van der Waals surface area contributed by atoms with Gasteiger partial charge in [0.25, 0.3) is 5.91 Å². The average molecular weight is 284 g/mol. The van der Waals surface area contributed by atoms with Crippen molar-refractivity contribution < 1.29 is 14.4 Å². The van der Waals surface area contributed by atoms with Gasteiger partial charge >= 0.3 is 6.03 Å². The summed E-state index contributed by atoms with van der Waals surface area (Å²) in [5, 5.41) is 5.01. The lowest BCUT2D eigenvalue weighted by atomic mass is 10.0. The zero-order chi connectivity index (χ0) is 15.3. The first-order chi connectivity index (χ1) is 9.32. The number of nitrogens with zero attached hydrogens (tertiary/aromatic N) is 1. The molecule has 114 valence electrons. The molecule has 1 unspecified atom stereocenters. The van der Waals surface area contributed by atoms with Crippen molar-refractivity contribution in [3.05, 3.63) is 0 Å². The summed E-state index contributed by atoms with van der Waals surface area (Å²) in [5.74, 6) is -0.689. The lowest BCUT2D eigenvalue weighted by molar-refractivity contribution is -0.127. The van der Waals surface area contributed by atoms with Crippen LogP contribution in [0.2, 0.25) is 0 Å². The van der Waals surface area contributed by atoms with Crippen LogP contribution in [0.3, 0.4) is 0 Å². The first-order valence-corrected chi connectivity index (χ1v) is 6.95. The minimum Gasteiger partial charge on any atom is -0.351 e. The van der Waals surface area contributed by atoms with E-state index in [1.165, 1.54) is 4.90 Å². The largest absolute Gasteiger partial charge is 0.351 e. The van der Waals surface area contributed by atoms with Crippen LogP contribution in [0.5, 0.6) is 0 Å². The normalized spacial score (nSPS) is 18.9. The number of unbranched alkanes of at least 4 members (excludes halogenated alkanes) is 1. The van der Waals surface area contributed by atoms with Gasteiger partial charge in [0.1, 0.15) is 12.1 Å². The number of imide groups is 1. The number of hydrogen-bond acceptors (Lipinski definition) is 4. The van der Waals surface area contributed by atoms with Crippen molar-refractivity contribution in [1.29, 1.82) is 0 Å². The van der Waals surface area contributed by atoms with E-state index in [0.29, 0.717) is 6.54 Å². The van der Waals surface area contributed by atoms with E-state index in [0.717, 1.165) is 19.3 Å². The van der Waals surface area contributed by atoms with Crippen molar-refractivity contribution in [2.45, 2.75) is 51.6 Å². The maximum absolute atomic E-state index is 12.0. The molecule has 20 heavy (non-hydrogen) atoms. The fourth-order valence-corrected chi connectivity index (χ4v) is 2.08. The van der Waals surface area contributed by atoms with Crippen LogP contribution >= 0.6 is 0 Å². The Labute approximate surface area is 119 Å². The van der Waals surface area contributed by atoms with Gasteiger partial charge in [-0.1, -0.05) is 19.8 Å². The number of nitrogens with two attached hydrogens (primary N) is 1. The van der Waals surface area contributed by atoms with Crippen molar-refractivity contribution in [3.63, 3.8) is 0 Å². The van der Waals surface area contributed by atoms with Crippen molar-refractivity contribution >= 4 is 17.8 Å². The van der Waals surface area contributed by atoms with Crippen molar-refractivity contribution in [2.24, 2.45) is 5.73 Å². The Morgan fingerprint density at radius 1 is 1.45 bits per heavy atom. The van der Waals surface area contributed by atoms with E-state index < -0.39 is 17.5 Å². The molecule has 7 nitrogen and oxygen atoms in total. The molecule has 4 amide bonds. The Balaban J connectivity index is 2.57. The lowest BCUT2D eigenvalue weighted by Crippen LogP contribution is -2.51. The zero-order valence-electron chi connectivity index (χ0n) is 12.4. The molecule has 0 saturated carbocycles. The topological polar surface area (TPSA) is 105 Å². The first kappa shape index (κ1) is 16.4. The summed E-state index contributed by atoms with van der Waals surface area (Å²) < 4.78 is 0. The zero-order valence-corrected chi connectivity index (χ0v) is 12.4. The second-order valence-electron chi connectivity index (χ2n) is 5.55. The summed E-state index contributed by atoms with van der Waals surface area (Å²) in [6, 6.07) is -0.625. The van der Waals surface area contributed by atoms with Gasteiger partial charge in [-0.25, -0.2) is 4.79 Å². The molecular weight excluding hydrogens is 260 g/mol. The standard InChI is InChI=1S/C13H24N4O3/c1-4-5-6-9(7-14)15-10(18)8-17-12(20)16-11(19)13(17,2)3/h9H,4-8,14H2,1-3H3,(H,15,18)(H,16,19,20). The van der Waals surface area contributed by atoms with Crippen molar-refractivity contribution in [3.8, 4) is 0 Å². The third-order valence-electron chi connectivity index (χ3n) is 3.55. The Hall–Kier alpha value is -1.63. The number of carbonyl (C=O) groups is 3. The molecular formula is C13H24N4O3. The molecule has 1 atom stereocenters. The van der Waals surface area contributed by atoms with Gasteiger partial charge in [0.2, 0.25) is 5.91 Å². The molecule has 0 bridgehead atoms. The Kier molecular flexibility index (Phi) is 5.50. The highest BCUT2D eigenvalue weighted by Gasteiger charge is 2.46. The minimum atomic E-state index is -1.00. The van der Waals surface area contributed by atoms with Crippen LogP contribution in [0, 0.1) is 0 Å². The number of carbonyl (C=O) groups excluding carboxylic acids is 3. The van der Waals surface area contributed by atoms with Crippen LogP contribution in [0.25, 0.3) is 0 Å². The van der Waals surface area contributed by atoms with Gasteiger partial charge in [-0.2, -0.15) is 0 Å². The molecule has 0 aromatic carbocycles. The number of nitrogens with one attached hydrogen (secondary N) is 2.